The second-order valence-electron chi connectivity index (χ2n) is 7.96. The third-order valence-electron chi connectivity index (χ3n) is 6.33. The van der Waals surface area contributed by atoms with Crippen molar-refractivity contribution in [3.63, 3.8) is 0 Å². The molecule has 0 saturated carbocycles. The first kappa shape index (κ1) is 18.6. The number of hydrogen-bond donors (Lipinski definition) is 0. The molecule has 2 atom stereocenters. The van der Waals surface area contributed by atoms with Gasteiger partial charge in [-0.25, -0.2) is 0 Å². The second kappa shape index (κ2) is 10.9. The van der Waals surface area contributed by atoms with Crippen molar-refractivity contribution in [1.29, 1.82) is 0 Å². The van der Waals surface area contributed by atoms with Crippen molar-refractivity contribution >= 4 is 14.1 Å². The number of allylic oxidation sites excluding steroid dienone is 2. The highest BCUT2D eigenvalue weighted by atomic mass is 27.2. The van der Waals surface area contributed by atoms with Gasteiger partial charge in [0.05, 0.1) is 0 Å². The lowest BCUT2D eigenvalue weighted by atomic mass is 9.85. The molecule has 1 aliphatic heterocycles. The molecular formula is C21H39Al. The maximum Gasteiger partial charge on any atom is 0.299 e. The summed E-state index contributed by atoms with van der Waals surface area (Å²) in [6, 6.07) is 0. The number of rotatable bonds is 8. The van der Waals surface area contributed by atoms with Gasteiger partial charge in [-0.05, 0) is 31.1 Å². The second-order valence-corrected chi connectivity index (χ2v) is 11.3. The van der Waals surface area contributed by atoms with Gasteiger partial charge in [-0.15, -0.1) is 10.5 Å². The van der Waals surface area contributed by atoms with E-state index in [1.165, 1.54) is 82.3 Å². The van der Waals surface area contributed by atoms with Crippen LogP contribution in [-0.4, -0.2) is 14.1 Å². The Hall–Kier alpha value is 0.272. The van der Waals surface area contributed by atoms with E-state index in [4.69, 9.17) is 0 Å². The van der Waals surface area contributed by atoms with Gasteiger partial charge < -0.3 is 0 Å². The molecule has 2 rings (SSSR count). The lowest BCUT2D eigenvalue weighted by Crippen LogP contribution is -2.12. The Morgan fingerprint density at radius 3 is 2.55 bits per heavy atom. The summed E-state index contributed by atoms with van der Waals surface area (Å²) in [6.07, 6.45) is 22.0. The Morgan fingerprint density at radius 1 is 0.955 bits per heavy atom. The van der Waals surface area contributed by atoms with Crippen LogP contribution in [0.2, 0.25) is 10.6 Å². The van der Waals surface area contributed by atoms with Crippen LogP contribution in [0.1, 0.15) is 97.3 Å². The molecule has 0 aromatic carbocycles. The van der Waals surface area contributed by atoms with E-state index in [0.29, 0.717) is 0 Å². The van der Waals surface area contributed by atoms with Crippen molar-refractivity contribution in [2.45, 2.75) is 108 Å². The van der Waals surface area contributed by atoms with E-state index in [9.17, 15) is 0 Å². The highest BCUT2D eigenvalue weighted by molar-refractivity contribution is 6.67. The third kappa shape index (κ3) is 5.72. The molecule has 0 aromatic rings. The van der Waals surface area contributed by atoms with Gasteiger partial charge in [-0.3, -0.25) is 0 Å². The highest BCUT2D eigenvalue weighted by Gasteiger charge is 2.39. The summed E-state index contributed by atoms with van der Waals surface area (Å²) in [6.45, 7) is 4.80. The predicted octanol–water partition coefficient (Wildman–Crippen LogP) is 7.32. The van der Waals surface area contributed by atoms with Crippen molar-refractivity contribution in [3.8, 4) is 0 Å². The molecule has 1 fully saturated rings. The Labute approximate surface area is 144 Å². The molecule has 0 amide bonds. The van der Waals surface area contributed by atoms with Gasteiger partial charge in [-0.2, -0.15) is 0 Å². The summed E-state index contributed by atoms with van der Waals surface area (Å²) in [5.41, 5.74) is 0. The van der Waals surface area contributed by atoms with Crippen LogP contribution in [-0.2, 0) is 0 Å². The van der Waals surface area contributed by atoms with E-state index < -0.39 is 14.1 Å². The first-order chi connectivity index (χ1) is 10.9. The van der Waals surface area contributed by atoms with Gasteiger partial charge in [0.25, 0.3) is 14.1 Å². The van der Waals surface area contributed by atoms with Gasteiger partial charge in [0.1, 0.15) is 0 Å². The molecule has 1 heterocycles. The zero-order valence-electron chi connectivity index (χ0n) is 15.4. The minimum Gasteiger partial charge on any atom is -0.131 e. The zero-order chi connectivity index (χ0) is 15.6. The monoisotopic (exact) mass is 318 g/mol. The predicted molar refractivity (Wildman–Crippen MR) is 102 cm³/mol. The third-order valence-corrected chi connectivity index (χ3v) is 10.1. The lowest BCUT2D eigenvalue weighted by Gasteiger charge is -2.22. The maximum atomic E-state index is 2.75. The fourth-order valence-corrected chi connectivity index (χ4v) is 8.92. The normalized spacial score (nSPS) is 28.5. The minimum absolute atomic E-state index is 0.535. The van der Waals surface area contributed by atoms with Crippen LogP contribution in [0.4, 0.5) is 0 Å². The van der Waals surface area contributed by atoms with Gasteiger partial charge in [-0.1, -0.05) is 88.6 Å². The topological polar surface area (TPSA) is 0 Å². The maximum absolute atomic E-state index is 2.75. The van der Waals surface area contributed by atoms with E-state index in [1.54, 1.807) is 11.7 Å². The van der Waals surface area contributed by atoms with Crippen LogP contribution in [0.3, 0.4) is 0 Å². The lowest BCUT2D eigenvalue weighted by molar-refractivity contribution is 0.365. The summed E-state index contributed by atoms with van der Waals surface area (Å²) < 4.78 is 2.04. The molecule has 2 unspecified atom stereocenters. The molecule has 0 aromatic heterocycles. The summed E-state index contributed by atoms with van der Waals surface area (Å²) >= 11 is -0.535. The van der Waals surface area contributed by atoms with E-state index in [2.05, 4.69) is 19.9 Å². The SMILES string of the molecule is CCCCCCCCC1[CH2][Al]([CH2]C)/[C]2=C/CCCCCCC21. The highest BCUT2D eigenvalue weighted by Crippen LogP contribution is 2.44. The molecule has 0 spiro atoms. The molecule has 1 aliphatic carbocycles. The smallest absolute Gasteiger partial charge is 0.131 e. The minimum atomic E-state index is -0.535. The molecule has 0 bridgehead atoms. The van der Waals surface area contributed by atoms with Crippen molar-refractivity contribution in [2.24, 2.45) is 11.8 Å². The Kier molecular flexibility index (Phi) is 9.25. The van der Waals surface area contributed by atoms with Gasteiger partial charge >= 0.3 is 0 Å². The van der Waals surface area contributed by atoms with E-state index >= 15 is 0 Å². The van der Waals surface area contributed by atoms with Crippen LogP contribution in [0.15, 0.2) is 10.5 Å². The van der Waals surface area contributed by atoms with Crippen LogP contribution in [0.25, 0.3) is 0 Å². The van der Waals surface area contributed by atoms with Crippen LogP contribution >= 0.6 is 0 Å². The van der Waals surface area contributed by atoms with Crippen molar-refractivity contribution in [1.82, 2.24) is 0 Å². The fraction of sp³-hybridized carbons (Fsp3) is 0.905. The van der Waals surface area contributed by atoms with E-state index in [-0.39, 0.29) is 0 Å². The van der Waals surface area contributed by atoms with E-state index in [0.717, 1.165) is 11.8 Å². The summed E-state index contributed by atoms with van der Waals surface area (Å²) in [7, 11) is 0. The molecule has 0 N–H and O–H groups in total. The fourth-order valence-electron chi connectivity index (χ4n) is 5.00. The van der Waals surface area contributed by atoms with Crippen LogP contribution in [0, 0.1) is 11.8 Å². The Morgan fingerprint density at radius 2 is 1.73 bits per heavy atom. The molecule has 126 valence electrons. The molecule has 1 saturated heterocycles. The molecule has 0 radical (unpaired) electrons. The standard InChI is InChI=1S/C19H34.C2H5.Al/c1-3-4-5-6-9-12-15-18(2)19-16-13-10-7-8-11-14-17-19;1-2;/h13,18-19H,2-12,14-15,17H2,1H3;1H2,2H3;. The average Bonchev–Trinajstić information content (AvgIpc) is 2.91. The molecule has 2 aliphatic rings. The Balaban J connectivity index is 1.83. The summed E-state index contributed by atoms with van der Waals surface area (Å²) in [5, 5.41) is 3.18. The average molecular weight is 319 g/mol. The van der Waals surface area contributed by atoms with Crippen molar-refractivity contribution in [3.05, 3.63) is 10.5 Å². The summed E-state index contributed by atoms with van der Waals surface area (Å²) in [4.78, 5) is 0. The zero-order valence-corrected chi connectivity index (χ0v) is 16.6. The first-order valence-electron chi connectivity index (χ1n) is 10.6. The van der Waals surface area contributed by atoms with Crippen molar-refractivity contribution < 1.29 is 0 Å². The first-order valence-corrected chi connectivity index (χ1v) is 12.8. The number of unbranched alkanes of at least 4 members (excludes halogenated alkanes) is 5. The summed E-state index contributed by atoms with van der Waals surface area (Å²) in [5.74, 6) is 2.12. The van der Waals surface area contributed by atoms with Crippen LogP contribution < -0.4 is 0 Å². The molecule has 0 nitrogen and oxygen atoms in total. The quantitative estimate of drug-likeness (QED) is 0.325. The number of hydrogen-bond acceptors (Lipinski definition) is 0. The van der Waals surface area contributed by atoms with Gasteiger partial charge in [0.15, 0.2) is 0 Å². The van der Waals surface area contributed by atoms with Gasteiger partial charge in [0.2, 0.25) is 0 Å². The van der Waals surface area contributed by atoms with Crippen LogP contribution in [0.5, 0.6) is 0 Å². The molecular weight excluding hydrogens is 279 g/mol. The Bertz CT molecular complexity index is 320. The number of fused-ring (bicyclic) bond motifs is 1. The molecule has 1 heteroatoms. The largest absolute Gasteiger partial charge is 0.299 e. The van der Waals surface area contributed by atoms with E-state index in [1.807, 2.05) is 4.44 Å². The molecule has 22 heavy (non-hydrogen) atoms. The van der Waals surface area contributed by atoms with Gasteiger partial charge in [0, 0.05) is 0 Å². The van der Waals surface area contributed by atoms with Crippen molar-refractivity contribution in [2.75, 3.05) is 0 Å².